The summed E-state index contributed by atoms with van der Waals surface area (Å²) in [6.45, 7) is 1.76. The van der Waals surface area contributed by atoms with E-state index < -0.39 is 17.7 Å². The van der Waals surface area contributed by atoms with Crippen molar-refractivity contribution < 1.29 is 33.3 Å². The van der Waals surface area contributed by atoms with E-state index in [9.17, 15) is 14.4 Å². The molecule has 0 atom stereocenters. The lowest BCUT2D eigenvalue weighted by Crippen LogP contribution is -2.37. The Balaban J connectivity index is 1.28. The van der Waals surface area contributed by atoms with E-state index in [2.05, 4.69) is 21.2 Å². The Hall–Kier alpha value is -4.48. The van der Waals surface area contributed by atoms with Crippen LogP contribution in [0.25, 0.3) is 0 Å². The topological polar surface area (TPSA) is 137 Å². The molecule has 0 radical (unpaired) electrons. The molecule has 0 saturated carbocycles. The Kier molecular flexibility index (Phi) is 9.31. The van der Waals surface area contributed by atoms with Crippen LogP contribution in [0.5, 0.6) is 23.0 Å². The molecule has 3 aromatic carbocycles. The molecule has 0 fully saturated rings. The third kappa shape index (κ3) is 7.33. The molecule has 0 aromatic heterocycles. The molecule has 1 aliphatic heterocycles. The first kappa shape index (κ1) is 28.5. The molecule has 0 spiro atoms. The van der Waals surface area contributed by atoms with E-state index >= 15 is 0 Å². The second-order valence-corrected chi connectivity index (χ2v) is 9.22. The van der Waals surface area contributed by atoms with Gasteiger partial charge in [-0.1, -0.05) is 35.3 Å². The molecule has 3 N–H and O–H groups in total. The number of carbonyl (C=O) groups excluding carboxylic acids is 3. The van der Waals surface area contributed by atoms with Crippen LogP contribution in [-0.4, -0.2) is 44.4 Å². The van der Waals surface area contributed by atoms with Crippen LogP contribution >= 0.6 is 23.2 Å². The Labute approximate surface area is 239 Å². The summed E-state index contributed by atoms with van der Waals surface area (Å²) in [5.41, 5.74) is 4.73. The fourth-order valence-corrected chi connectivity index (χ4v) is 3.94. The van der Waals surface area contributed by atoms with Gasteiger partial charge in [0.05, 0.1) is 18.3 Å². The number of methoxy groups -OCH3 is 1. The van der Waals surface area contributed by atoms with E-state index in [0.717, 1.165) is 11.1 Å². The van der Waals surface area contributed by atoms with Crippen molar-refractivity contribution >= 4 is 52.8 Å². The molecule has 40 heavy (non-hydrogen) atoms. The molecular weight excluding hydrogens is 563 g/mol. The van der Waals surface area contributed by atoms with Crippen LogP contribution in [-0.2, 0) is 20.9 Å². The summed E-state index contributed by atoms with van der Waals surface area (Å²) >= 11 is 12.4. The van der Waals surface area contributed by atoms with Crippen LogP contribution < -0.4 is 35.0 Å². The van der Waals surface area contributed by atoms with Gasteiger partial charge in [-0.25, -0.2) is 5.43 Å². The van der Waals surface area contributed by atoms with Crippen molar-refractivity contribution in [2.24, 2.45) is 5.10 Å². The first-order valence-corrected chi connectivity index (χ1v) is 12.5. The number of hydrazone groups is 1. The summed E-state index contributed by atoms with van der Waals surface area (Å²) < 4.78 is 21.4. The molecule has 208 valence electrons. The number of carbonyl (C=O) groups is 3. The SMILES string of the molecule is COc1cc(/C=N\NC(=O)C(=O)NCc2ccc3c(c2)OCO3)cc(Cl)c1OCC(=O)Nc1ccc(C)c(Cl)c1. The molecule has 0 saturated heterocycles. The van der Waals surface area contributed by atoms with Crippen molar-refractivity contribution in [3.05, 3.63) is 75.3 Å². The van der Waals surface area contributed by atoms with Crippen molar-refractivity contribution in [2.75, 3.05) is 25.8 Å². The Morgan fingerprint density at radius 2 is 1.80 bits per heavy atom. The van der Waals surface area contributed by atoms with Crippen LogP contribution in [0.1, 0.15) is 16.7 Å². The number of anilines is 1. The van der Waals surface area contributed by atoms with Gasteiger partial charge in [-0.3, -0.25) is 14.4 Å². The number of amides is 3. The predicted molar refractivity (Wildman–Crippen MR) is 148 cm³/mol. The van der Waals surface area contributed by atoms with Gasteiger partial charge in [0, 0.05) is 17.3 Å². The Bertz CT molecular complexity index is 1480. The van der Waals surface area contributed by atoms with E-state index in [1.165, 1.54) is 25.5 Å². The van der Waals surface area contributed by atoms with Crippen LogP contribution in [0, 0.1) is 6.92 Å². The number of rotatable bonds is 9. The Morgan fingerprint density at radius 3 is 2.58 bits per heavy atom. The third-order valence-electron chi connectivity index (χ3n) is 5.53. The van der Waals surface area contributed by atoms with Gasteiger partial charge in [0.1, 0.15) is 0 Å². The van der Waals surface area contributed by atoms with Gasteiger partial charge in [-0.05, 0) is 60.0 Å². The van der Waals surface area contributed by atoms with E-state index in [-0.39, 0.29) is 36.5 Å². The lowest BCUT2D eigenvalue weighted by Gasteiger charge is -2.13. The summed E-state index contributed by atoms with van der Waals surface area (Å²) in [7, 11) is 1.40. The van der Waals surface area contributed by atoms with Gasteiger partial charge in [-0.15, -0.1) is 0 Å². The van der Waals surface area contributed by atoms with Crippen LogP contribution in [0.2, 0.25) is 10.0 Å². The average Bonchev–Trinajstić information content (AvgIpc) is 3.41. The zero-order valence-corrected chi connectivity index (χ0v) is 22.9. The molecule has 0 unspecified atom stereocenters. The van der Waals surface area contributed by atoms with Gasteiger partial charge < -0.3 is 29.6 Å². The van der Waals surface area contributed by atoms with E-state index in [1.54, 1.807) is 36.4 Å². The molecule has 1 heterocycles. The smallest absolute Gasteiger partial charge is 0.329 e. The number of nitrogens with one attached hydrogen (secondary N) is 3. The second-order valence-electron chi connectivity index (χ2n) is 8.40. The maximum absolute atomic E-state index is 12.3. The second kappa shape index (κ2) is 13.0. The minimum absolute atomic E-state index is 0.109. The molecule has 0 aliphatic carbocycles. The third-order valence-corrected chi connectivity index (χ3v) is 6.22. The summed E-state index contributed by atoms with van der Waals surface area (Å²) in [5.74, 6) is -0.701. The number of hydrogen-bond donors (Lipinski definition) is 3. The van der Waals surface area contributed by atoms with Crippen molar-refractivity contribution in [3.8, 4) is 23.0 Å². The van der Waals surface area contributed by atoms with Crippen LogP contribution in [0.4, 0.5) is 5.69 Å². The maximum atomic E-state index is 12.3. The predicted octanol–water partition coefficient (Wildman–Crippen LogP) is 3.82. The minimum atomic E-state index is -0.962. The zero-order chi connectivity index (χ0) is 28.6. The quantitative estimate of drug-likeness (QED) is 0.197. The van der Waals surface area contributed by atoms with Crippen LogP contribution in [0.15, 0.2) is 53.6 Å². The molecular formula is C27H24Cl2N4O7. The highest BCUT2D eigenvalue weighted by Crippen LogP contribution is 2.36. The molecule has 13 heteroatoms. The largest absolute Gasteiger partial charge is 0.493 e. The fraction of sp³-hybridized carbons (Fsp3) is 0.185. The number of fused-ring (bicyclic) bond motifs is 1. The zero-order valence-electron chi connectivity index (χ0n) is 21.4. The van der Waals surface area contributed by atoms with Gasteiger partial charge in [0.15, 0.2) is 29.6 Å². The molecule has 4 rings (SSSR count). The standard InChI is InChI=1S/C27H24Cl2N4O7/c1-15-3-5-18(10-19(15)28)32-24(34)13-38-25-20(29)7-17(9-23(25)37-2)12-31-33-27(36)26(35)30-11-16-4-6-21-22(8-16)40-14-39-21/h3-10,12H,11,13-14H2,1-2H3,(H,30,35)(H,32,34)(H,33,36)/b31-12-. The average molecular weight is 587 g/mol. The summed E-state index contributed by atoms with van der Waals surface area (Å²) in [6.07, 6.45) is 1.27. The first-order valence-electron chi connectivity index (χ1n) is 11.8. The summed E-state index contributed by atoms with van der Waals surface area (Å²) in [5, 5.41) is 9.64. The van der Waals surface area contributed by atoms with E-state index in [4.69, 9.17) is 42.1 Å². The van der Waals surface area contributed by atoms with Gasteiger partial charge in [0.2, 0.25) is 6.79 Å². The number of benzene rings is 3. The Morgan fingerprint density at radius 1 is 1.00 bits per heavy atom. The van der Waals surface area contributed by atoms with E-state index in [1.807, 2.05) is 6.92 Å². The molecule has 0 bridgehead atoms. The van der Waals surface area contributed by atoms with Gasteiger partial charge >= 0.3 is 11.8 Å². The summed E-state index contributed by atoms with van der Waals surface area (Å²) in [4.78, 5) is 36.5. The van der Waals surface area contributed by atoms with Crippen molar-refractivity contribution in [1.82, 2.24) is 10.7 Å². The molecule has 3 aromatic rings. The van der Waals surface area contributed by atoms with Crippen molar-refractivity contribution in [3.63, 3.8) is 0 Å². The number of aryl methyl sites for hydroxylation is 1. The first-order chi connectivity index (χ1) is 19.2. The number of nitrogens with zero attached hydrogens (tertiary/aromatic N) is 1. The van der Waals surface area contributed by atoms with Crippen molar-refractivity contribution in [1.29, 1.82) is 0 Å². The highest BCUT2D eigenvalue weighted by molar-refractivity contribution is 6.35. The monoisotopic (exact) mass is 586 g/mol. The normalized spacial score (nSPS) is 11.7. The lowest BCUT2D eigenvalue weighted by molar-refractivity contribution is -0.139. The summed E-state index contributed by atoms with van der Waals surface area (Å²) in [6, 6.07) is 13.4. The molecule has 3 amide bonds. The fourth-order valence-electron chi connectivity index (χ4n) is 3.49. The van der Waals surface area contributed by atoms with E-state index in [0.29, 0.717) is 27.8 Å². The lowest BCUT2D eigenvalue weighted by atomic mass is 10.2. The number of hydrogen-bond acceptors (Lipinski definition) is 8. The number of ether oxygens (including phenoxy) is 4. The minimum Gasteiger partial charge on any atom is -0.493 e. The molecule has 11 nitrogen and oxygen atoms in total. The van der Waals surface area contributed by atoms with Gasteiger partial charge in [-0.2, -0.15) is 5.10 Å². The van der Waals surface area contributed by atoms with Gasteiger partial charge in [0.25, 0.3) is 5.91 Å². The van der Waals surface area contributed by atoms with Crippen LogP contribution in [0.3, 0.4) is 0 Å². The highest BCUT2D eigenvalue weighted by Gasteiger charge is 2.17. The number of halogens is 2. The molecule has 1 aliphatic rings. The van der Waals surface area contributed by atoms with Crippen molar-refractivity contribution in [2.45, 2.75) is 13.5 Å². The highest BCUT2D eigenvalue weighted by atomic mass is 35.5. The maximum Gasteiger partial charge on any atom is 0.329 e.